The van der Waals surface area contributed by atoms with Crippen molar-refractivity contribution in [1.29, 1.82) is 0 Å². The molecule has 7 nitrogen and oxygen atoms in total. The summed E-state index contributed by atoms with van der Waals surface area (Å²) >= 11 is 6.45. The molecule has 2 atom stereocenters. The fraction of sp³-hybridized carbons (Fsp3) is 0.545. The van der Waals surface area contributed by atoms with Gasteiger partial charge in [0, 0.05) is 19.5 Å². The molecular weight excluding hydrogens is 461 g/mol. The molecule has 2 aliphatic rings. The Hall–Kier alpha value is -2.62. The van der Waals surface area contributed by atoms with Crippen molar-refractivity contribution in [3.8, 4) is 11.5 Å². The number of piperidine rings is 1. The summed E-state index contributed by atoms with van der Waals surface area (Å²) in [5, 5.41) is 7.01. The second-order valence-electron chi connectivity index (χ2n) is 8.53. The molecule has 0 radical (unpaired) electrons. The van der Waals surface area contributed by atoms with Gasteiger partial charge in [-0.1, -0.05) is 24.6 Å². The van der Waals surface area contributed by atoms with Crippen molar-refractivity contribution < 1.29 is 27.4 Å². The predicted molar refractivity (Wildman–Crippen MR) is 117 cm³/mol. The molecule has 0 aliphatic carbocycles. The lowest BCUT2D eigenvalue weighted by atomic mass is 9.96. The Morgan fingerprint density at radius 2 is 1.85 bits per heavy atom. The first-order valence-corrected chi connectivity index (χ1v) is 11.1. The maximum Gasteiger partial charge on any atom is 0.410 e. The molecule has 2 aliphatic heterocycles. The molecule has 1 aromatic heterocycles. The molecule has 180 valence electrons. The Kier molecular flexibility index (Phi) is 6.39. The molecule has 0 saturated carbocycles. The number of hydrogen-bond donors (Lipinski definition) is 1. The average Bonchev–Trinajstić information content (AvgIpc) is 3.13. The Morgan fingerprint density at radius 3 is 2.45 bits per heavy atom. The Labute approximate surface area is 194 Å². The highest BCUT2D eigenvalue weighted by molar-refractivity contribution is 6.36. The van der Waals surface area contributed by atoms with E-state index in [1.54, 1.807) is 23.1 Å². The number of likely N-dealkylation sites (tertiary alicyclic amines) is 1. The summed E-state index contributed by atoms with van der Waals surface area (Å²) in [5.74, 6) is 0.910. The quantitative estimate of drug-likeness (QED) is 0.652. The van der Waals surface area contributed by atoms with E-state index in [9.17, 15) is 18.0 Å². The highest BCUT2D eigenvalue weighted by atomic mass is 35.5. The van der Waals surface area contributed by atoms with Crippen LogP contribution in [-0.4, -0.2) is 54.1 Å². The summed E-state index contributed by atoms with van der Waals surface area (Å²) in [4.78, 5) is 14.6. The molecule has 3 heterocycles. The van der Waals surface area contributed by atoms with Crippen molar-refractivity contribution >= 4 is 23.3 Å². The molecule has 1 fully saturated rings. The summed E-state index contributed by atoms with van der Waals surface area (Å²) in [5.41, 5.74) is 0.416. The van der Waals surface area contributed by atoms with Crippen LogP contribution in [0.15, 0.2) is 18.2 Å². The summed E-state index contributed by atoms with van der Waals surface area (Å²) in [6, 6.07) is 2.28. The van der Waals surface area contributed by atoms with Crippen LogP contribution >= 0.6 is 11.6 Å². The molecule has 0 unspecified atom stereocenters. The molecule has 1 aromatic carbocycles. The van der Waals surface area contributed by atoms with Gasteiger partial charge in [0.15, 0.2) is 23.2 Å². The van der Waals surface area contributed by atoms with Crippen LogP contribution in [0.25, 0.3) is 0 Å². The zero-order chi connectivity index (χ0) is 23.9. The zero-order valence-electron chi connectivity index (χ0n) is 18.6. The standard InChI is InChI=1S/C22H26ClF3N4O3/c1-12-6-8-29(9-7-12)21(31)19-18(23)20-27-14(11-17(22(24,25)26)30(20)28-19)13-4-5-15(32-2)16(10-13)33-3/h4-5,10,12,14,17,27H,6-9,11H2,1-3H3/t14-,17-/m0/s1. The van der Waals surface area contributed by atoms with Crippen molar-refractivity contribution in [1.82, 2.24) is 14.7 Å². The summed E-state index contributed by atoms with van der Waals surface area (Å²) in [7, 11) is 2.94. The van der Waals surface area contributed by atoms with E-state index in [2.05, 4.69) is 17.3 Å². The van der Waals surface area contributed by atoms with Gasteiger partial charge in [0.2, 0.25) is 0 Å². The van der Waals surface area contributed by atoms with E-state index in [1.165, 1.54) is 14.2 Å². The summed E-state index contributed by atoms with van der Waals surface area (Å²) < 4.78 is 53.4. The fourth-order valence-electron chi connectivity index (χ4n) is 4.38. The number of halogens is 4. The van der Waals surface area contributed by atoms with Gasteiger partial charge in [-0.15, -0.1) is 0 Å². The van der Waals surface area contributed by atoms with Crippen molar-refractivity contribution in [2.75, 3.05) is 32.6 Å². The SMILES string of the molecule is COc1ccc([C@@H]2C[C@@H](C(F)(F)F)n3nc(C(=O)N4CCC(C)CC4)c(Cl)c3N2)cc1OC. The predicted octanol–water partition coefficient (Wildman–Crippen LogP) is 5.09. The Balaban J connectivity index is 1.70. The van der Waals surface area contributed by atoms with E-state index in [1.807, 2.05) is 0 Å². The Morgan fingerprint density at radius 1 is 1.18 bits per heavy atom. The zero-order valence-corrected chi connectivity index (χ0v) is 19.3. The number of nitrogens with one attached hydrogen (secondary N) is 1. The molecule has 2 aromatic rings. The first-order chi connectivity index (χ1) is 15.6. The third kappa shape index (κ3) is 4.45. The van der Waals surface area contributed by atoms with E-state index in [-0.39, 0.29) is 23.0 Å². The van der Waals surface area contributed by atoms with Crippen LogP contribution in [0, 0.1) is 5.92 Å². The van der Waals surface area contributed by atoms with Crippen molar-refractivity contribution in [3.63, 3.8) is 0 Å². The third-order valence-corrected chi connectivity index (χ3v) is 6.74. The molecule has 1 N–H and O–H groups in total. The van der Waals surface area contributed by atoms with E-state index in [4.69, 9.17) is 21.1 Å². The van der Waals surface area contributed by atoms with Crippen LogP contribution in [0.3, 0.4) is 0 Å². The highest BCUT2D eigenvalue weighted by Gasteiger charge is 2.48. The highest BCUT2D eigenvalue weighted by Crippen LogP contribution is 2.47. The lowest BCUT2D eigenvalue weighted by Crippen LogP contribution is -2.38. The topological polar surface area (TPSA) is 68.6 Å². The number of amides is 1. The number of anilines is 1. The molecular formula is C22H26ClF3N4O3. The van der Waals surface area contributed by atoms with Crippen molar-refractivity contribution in [2.24, 2.45) is 5.92 Å². The smallest absolute Gasteiger partial charge is 0.410 e. The Bertz CT molecular complexity index is 1030. The first-order valence-electron chi connectivity index (χ1n) is 10.8. The largest absolute Gasteiger partial charge is 0.493 e. The molecule has 4 rings (SSSR count). The number of fused-ring (bicyclic) bond motifs is 1. The second-order valence-corrected chi connectivity index (χ2v) is 8.91. The number of carbonyl (C=O) groups is 1. The second kappa shape index (κ2) is 8.96. The van der Waals surface area contributed by atoms with Gasteiger partial charge in [-0.3, -0.25) is 4.79 Å². The van der Waals surface area contributed by atoms with Gasteiger partial charge in [0.1, 0.15) is 10.8 Å². The van der Waals surface area contributed by atoms with E-state index >= 15 is 0 Å². The first kappa shape index (κ1) is 23.5. The van der Waals surface area contributed by atoms with E-state index in [0.29, 0.717) is 36.1 Å². The number of rotatable bonds is 4. The van der Waals surface area contributed by atoms with Gasteiger partial charge in [0.05, 0.1) is 20.3 Å². The molecule has 1 amide bonds. The van der Waals surface area contributed by atoms with Gasteiger partial charge in [-0.2, -0.15) is 18.3 Å². The monoisotopic (exact) mass is 486 g/mol. The number of hydrogen-bond acceptors (Lipinski definition) is 5. The maximum absolute atomic E-state index is 14.0. The number of alkyl halides is 3. The molecule has 1 saturated heterocycles. The maximum atomic E-state index is 14.0. The van der Waals surface area contributed by atoms with Gasteiger partial charge in [-0.25, -0.2) is 4.68 Å². The lowest BCUT2D eigenvalue weighted by Gasteiger charge is -2.33. The summed E-state index contributed by atoms with van der Waals surface area (Å²) in [6.45, 7) is 3.17. The van der Waals surface area contributed by atoms with Gasteiger partial charge < -0.3 is 19.7 Å². The minimum absolute atomic E-state index is 0.0150. The van der Waals surface area contributed by atoms with Gasteiger partial charge in [-0.05, 0) is 36.5 Å². The van der Waals surface area contributed by atoms with Gasteiger partial charge >= 0.3 is 6.18 Å². The molecule has 11 heteroatoms. The summed E-state index contributed by atoms with van der Waals surface area (Å²) in [6.07, 6.45) is -3.23. The van der Waals surface area contributed by atoms with Crippen molar-refractivity contribution in [3.05, 3.63) is 34.5 Å². The molecule has 0 bridgehead atoms. The lowest BCUT2D eigenvalue weighted by molar-refractivity contribution is -0.173. The van der Waals surface area contributed by atoms with Crippen LogP contribution in [0.1, 0.15) is 54.3 Å². The van der Waals surface area contributed by atoms with Crippen LogP contribution in [0.5, 0.6) is 11.5 Å². The third-order valence-electron chi connectivity index (χ3n) is 6.38. The normalized spacial score (nSPS) is 21.4. The van der Waals surface area contributed by atoms with E-state index in [0.717, 1.165) is 17.5 Å². The number of ether oxygens (including phenoxy) is 2. The fourth-order valence-corrected chi connectivity index (χ4v) is 4.64. The van der Waals surface area contributed by atoms with Crippen molar-refractivity contribution in [2.45, 2.75) is 44.4 Å². The van der Waals surface area contributed by atoms with Crippen LogP contribution in [0.4, 0.5) is 19.0 Å². The number of nitrogens with zero attached hydrogens (tertiary/aromatic N) is 3. The number of methoxy groups -OCH3 is 2. The average molecular weight is 487 g/mol. The van der Waals surface area contributed by atoms with Gasteiger partial charge in [0.25, 0.3) is 5.91 Å². The number of aromatic nitrogens is 2. The van der Waals surface area contributed by atoms with E-state index < -0.39 is 24.2 Å². The molecule has 33 heavy (non-hydrogen) atoms. The minimum Gasteiger partial charge on any atom is -0.493 e. The minimum atomic E-state index is -4.58. The van der Waals surface area contributed by atoms with Crippen LogP contribution in [0.2, 0.25) is 5.02 Å². The number of benzene rings is 1. The molecule has 0 spiro atoms. The number of carbonyl (C=O) groups excluding carboxylic acids is 1. The van der Waals surface area contributed by atoms with Crippen LogP contribution < -0.4 is 14.8 Å². The van der Waals surface area contributed by atoms with Crippen LogP contribution in [-0.2, 0) is 0 Å².